The molecule has 1 aromatic heterocycles. The fraction of sp³-hybridized carbons (Fsp3) is 0.0500. The summed E-state index contributed by atoms with van der Waals surface area (Å²) in [4.78, 5) is 29.1. The third kappa shape index (κ3) is 3.43. The number of carbonyl (C=O) groups is 1. The minimum absolute atomic E-state index is 0.208. The SMILES string of the molecule is O=C(Cn1c(O)c(C=C2C=Nc3ccccc32)sc1=O)c1ccc(Br)cc1. The predicted molar refractivity (Wildman–Crippen MR) is 111 cm³/mol. The summed E-state index contributed by atoms with van der Waals surface area (Å²) in [6.07, 6.45) is 3.42. The number of aliphatic imine (C=N–C) groups is 1. The van der Waals surface area contributed by atoms with E-state index in [1.54, 1.807) is 36.6 Å². The molecule has 0 atom stereocenters. The van der Waals surface area contributed by atoms with E-state index in [1.165, 1.54) is 0 Å². The van der Waals surface area contributed by atoms with Crippen LogP contribution in [-0.4, -0.2) is 21.7 Å². The minimum Gasteiger partial charge on any atom is -0.493 e. The van der Waals surface area contributed by atoms with E-state index < -0.39 is 0 Å². The molecule has 0 spiro atoms. The smallest absolute Gasteiger partial charge is 0.311 e. The molecule has 134 valence electrons. The van der Waals surface area contributed by atoms with E-state index in [1.807, 2.05) is 24.3 Å². The maximum absolute atomic E-state index is 12.4. The lowest BCUT2D eigenvalue weighted by Crippen LogP contribution is -2.19. The number of para-hydroxylation sites is 1. The highest BCUT2D eigenvalue weighted by Gasteiger charge is 2.18. The van der Waals surface area contributed by atoms with Crippen molar-refractivity contribution in [2.45, 2.75) is 6.54 Å². The van der Waals surface area contributed by atoms with Crippen LogP contribution in [0.15, 0.2) is 62.8 Å². The van der Waals surface area contributed by atoms with Gasteiger partial charge in [-0.3, -0.25) is 19.1 Å². The molecule has 0 fully saturated rings. The second-order valence-electron chi connectivity index (χ2n) is 5.95. The molecule has 0 amide bonds. The van der Waals surface area contributed by atoms with Crippen LogP contribution in [0.5, 0.6) is 5.88 Å². The minimum atomic E-state index is -0.381. The Hall–Kier alpha value is -2.77. The Morgan fingerprint density at radius 3 is 2.70 bits per heavy atom. The summed E-state index contributed by atoms with van der Waals surface area (Å²) in [5.74, 6) is -0.453. The number of rotatable bonds is 4. The third-order valence-electron chi connectivity index (χ3n) is 4.21. The second kappa shape index (κ2) is 7.09. The summed E-state index contributed by atoms with van der Waals surface area (Å²) in [5, 5.41) is 10.5. The van der Waals surface area contributed by atoms with Gasteiger partial charge in [0, 0.05) is 27.4 Å². The molecule has 3 aromatic rings. The highest BCUT2D eigenvalue weighted by Crippen LogP contribution is 2.34. The lowest BCUT2D eigenvalue weighted by molar-refractivity contribution is 0.0968. The number of thiazole rings is 1. The molecule has 2 aromatic carbocycles. The van der Waals surface area contributed by atoms with E-state index >= 15 is 0 Å². The van der Waals surface area contributed by atoms with Crippen molar-refractivity contribution >= 4 is 56.6 Å². The normalized spacial score (nSPS) is 13.9. The molecule has 0 saturated heterocycles. The van der Waals surface area contributed by atoms with Crippen LogP contribution in [0.4, 0.5) is 5.69 Å². The predicted octanol–water partition coefficient (Wildman–Crippen LogP) is 4.52. The number of aromatic hydroxyl groups is 1. The molecule has 0 saturated carbocycles. The third-order valence-corrected chi connectivity index (χ3v) is 5.65. The monoisotopic (exact) mass is 440 g/mol. The van der Waals surface area contributed by atoms with Crippen LogP contribution in [0.3, 0.4) is 0 Å². The Bertz CT molecular complexity index is 1160. The van der Waals surface area contributed by atoms with E-state index in [9.17, 15) is 14.7 Å². The summed E-state index contributed by atoms with van der Waals surface area (Å²) < 4.78 is 1.96. The van der Waals surface area contributed by atoms with Gasteiger partial charge in [0.1, 0.15) is 0 Å². The maximum atomic E-state index is 12.4. The average molecular weight is 441 g/mol. The van der Waals surface area contributed by atoms with E-state index in [4.69, 9.17) is 0 Å². The largest absolute Gasteiger partial charge is 0.493 e. The van der Waals surface area contributed by atoms with Crippen molar-refractivity contribution in [2.24, 2.45) is 4.99 Å². The fourth-order valence-electron chi connectivity index (χ4n) is 2.81. The van der Waals surface area contributed by atoms with Crippen LogP contribution in [0.25, 0.3) is 11.6 Å². The van der Waals surface area contributed by atoms with Crippen molar-refractivity contribution in [2.75, 3.05) is 0 Å². The molecular weight excluding hydrogens is 428 g/mol. The van der Waals surface area contributed by atoms with Gasteiger partial charge in [-0.05, 0) is 24.3 Å². The van der Waals surface area contributed by atoms with Gasteiger partial charge in [-0.15, -0.1) is 0 Å². The second-order valence-corrected chi connectivity index (χ2v) is 7.86. The molecule has 1 aliphatic heterocycles. The molecule has 7 heteroatoms. The Balaban J connectivity index is 1.64. The van der Waals surface area contributed by atoms with Gasteiger partial charge in [0.25, 0.3) is 0 Å². The summed E-state index contributed by atoms with van der Waals surface area (Å²) in [6.45, 7) is -0.212. The number of aromatic nitrogens is 1. The first-order valence-corrected chi connectivity index (χ1v) is 9.70. The molecule has 0 bridgehead atoms. The van der Waals surface area contributed by atoms with Crippen molar-refractivity contribution in [1.29, 1.82) is 0 Å². The van der Waals surface area contributed by atoms with Gasteiger partial charge in [-0.1, -0.05) is 57.6 Å². The molecule has 0 radical (unpaired) electrons. The van der Waals surface area contributed by atoms with Gasteiger partial charge in [0.15, 0.2) is 5.78 Å². The number of ketones is 1. The van der Waals surface area contributed by atoms with Crippen LogP contribution in [0.1, 0.15) is 20.8 Å². The maximum Gasteiger partial charge on any atom is 0.311 e. The molecule has 5 nitrogen and oxygen atoms in total. The summed E-state index contributed by atoms with van der Waals surface area (Å²) in [6, 6.07) is 14.5. The van der Waals surface area contributed by atoms with Crippen molar-refractivity contribution in [3.05, 3.63) is 78.7 Å². The quantitative estimate of drug-likeness (QED) is 0.606. The first-order chi connectivity index (χ1) is 13.0. The van der Waals surface area contributed by atoms with E-state index in [0.717, 1.165) is 37.2 Å². The van der Waals surface area contributed by atoms with Crippen molar-refractivity contribution in [3.63, 3.8) is 0 Å². The number of benzene rings is 2. The van der Waals surface area contributed by atoms with Crippen LogP contribution >= 0.6 is 27.3 Å². The molecule has 1 aliphatic rings. The topological polar surface area (TPSA) is 71.7 Å². The first kappa shape index (κ1) is 17.6. The van der Waals surface area contributed by atoms with Crippen LogP contribution < -0.4 is 4.87 Å². The molecule has 27 heavy (non-hydrogen) atoms. The number of fused-ring (bicyclic) bond motifs is 1. The molecule has 0 unspecified atom stereocenters. The molecule has 1 N–H and O–H groups in total. The first-order valence-electron chi connectivity index (χ1n) is 8.09. The lowest BCUT2D eigenvalue weighted by Gasteiger charge is -2.04. The highest BCUT2D eigenvalue weighted by atomic mass is 79.9. The number of Topliss-reactive ketones (excluding diaryl/α,β-unsaturated/α-hetero) is 1. The zero-order chi connectivity index (χ0) is 19.0. The van der Waals surface area contributed by atoms with Crippen molar-refractivity contribution in [1.82, 2.24) is 4.57 Å². The van der Waals surface area contributed by atoms with Crippen molar-refractivity contribution in [3.8, 4) is 5.88 Å². The summed E-state index contributed by atoms with van der Waals surface area (Å²) in [7, 11) is 0. The van der Waals surface area contributed by atoms with Gasteiger partial charge in [0.2, 0.25) is 5.88 Å². The number of nitrogens with zero attached hydrogens (tertiary/aromatic N) is 2. The molecular formula is C20H13BrN2O3S. The lowest BCUT2D eigenvalue weighted by atomic mass is 10.1. The fourth-order valence-corrected chi connectivity index (χ4v) is 3.91. The van der Waals surface area contributed by atoms with Crippen LogP contribution in [0, 0.1) is 0 Å². The Morgan fingerprint density at radius 2 is 1.93 bits per heavy atom. The Labute approximate surface area is 167 Å². The summed E-state index contributed by atoms with van der Waals surface area (Å²) >= 11 is 4.22. The standard InChI is InChI=1S/C20H13BrN2O3S/c21-14-7-5-12(6-8-14)17(24)11-23-19(25)18(27-20(23)26)9-13-10-22-16-4-2-1-3-15(13)16/h1-10,25H,11H2. The van der Waals surface area contributed by atoms with Gasteiger partial charge >= 0.3 is 4.87 Å². The van der Waals surface area contributed by atoms with Gasteiger partial charge in [-0.2, -0.15) is 0 Å². The highest BCUT2D eigenvalue weighted by molar-refractivity contribution is 9.10. The number of carbonyl (C=O) groups excluding carboxylic acids is 1. The Morgan fingerprint density at radius 1 is 1.19 bits per heavy atom. The van der Waals surface area contributed by atoms with Gasteiger partial charge in [-0.25, -0.2) is 0 Å². The molecule has 0 aliphatic carbocycles. The number of allylic oxidation sites excluding steroid dienone is 1. The summed E-state index contributed by atoms with van der Waals surface area (Å²) in [5.41, 5.74) is 3.08. The number of hydrogen-bond donors (Lipinski definition) is 1. The van der Waals surface area contributed by atoms with Crippen molar-refractivity contribution < 1.29 is 9.90 Å². The van der Waals surface area contributed by atoms with E-state index in [2.05, 4.69) is 20.9 Å². The zero-order valence-electron chi connectivity index (χ0n) is 13.9. The van der Waals surface area contributed by atoms with Crippen LogP contribution in [-0.2, 0) is 6.54 Å². The van der Waals surface area contributed by atoms with E-state index in [-0.39, 0.29) is 23.1 Å². The average Bonchev–Trinajstić information content (AvgIpc) is 3.19. The molecule has 2 heterocycles. The van der Waals surface area contributed by atoms with Gasteiger partial charge in [0.05, 0.1) is 17.1 Å². The zero-order valence-corrected chi connectivity index (χ0v) is 16.3. The van der Waals surface area contributed by atoms with Gasteiger partial charge < -0.3 is 5.11 Å². The van der Waals surface area contributed by atoms with Crippen LogP contribution in [0.2, 0.25) is 0 Å². The number of hydrogen-bond acceptors (Lipinski definition) is 5. The number of halogens is 1. The Kier molecular flexibility index (Phi) is 4.63. The molecule has 4 rings (SSSR count). The van der Waals surface area contributed by atoms with E-state index in [0.29, 0.717) is 10.4 Å².